The van der Waals surface area contributed by atoms with E-state index in [9.17, 15) is 20.0 Å². The predicted octanol–water partition coefficient (Wildman–Crippen LogP) is 1.49. The van der Waals surface area contributed by atoms with E-state index in [4.69, 9.17) is 4.74 Å². The summed E-state index contributed by atoms with van der Waals surface area (Å²) in [5, 5.41) is 23.3. The van der Waals surface area contributed by atoms with Gasteiger partial charge in [-0.15, -0.1) is 0 Å². The molecule has 2 rings (SSSR count). The second kappa shape index (κ2) is 6.53. The van der Waals surface area contributed by atoms with E-state index < -0.39 is 4.92 Å². The predicted molar refractivity (Wildman–Crippen MR) is 75.3 cm³/mol. The second-order valence-electron chi connectivity index (χ2n) is 5.11. The first-order valence-electron chi connectivity index (χ1n) is 6.81. The molecule has 21 heavy (non-hydrogen) atoms. The van der Waals surface area contributed by atoms with Crippen LogP contribution in [-0.4, -0.2) is 35.7 Å². The fourth-order valence-corrected chi connectivity index (χ4v) is 2.56. The number of hydrogen-bond donors (Lipinski definition) is 2. The number of rotatable bonds is 5. The summed E-state index contributed by atoms with van der Waals surface area (Å²) < 4.78 is 4.89. The van der Waals surface area contributed by atoms with E-state index in [2.05, 4.69) is 5.32 Å². The Bertz CT molecular complexity index is 546. The first-order valence-corrected chi connectivity index (χ1v) is 6.81. The van der Waals surface area contributed by atoms with E-state index in [0.29, 0.717) is 6.54 Å². The van der Waals surface area contributed by atoms with Gasteiger partial charge in [0, 0.05) is 24.1 Å². The van der Waals surface area contributed by atoms with Crippen LogP contribution in [0.1, 0.15) is 29.6 Å². The van der Waals surface area contributed by atoms with Gasteiger partial charge in [-0.2, -0.15) is 0 Å². The lowest BCUT2D eigenvalue weighted by Gasteiger charge is -2.15. The summed E-state index contributed by atoms with van der Waals surface area (Å²) in [6, 6.07) is 4.07. The van der Waals surface area contributed by atoms with Crippen LogP contribution in [0.3, 0.4) is 0 Å². The third-order valence-corrected chi connectivity index (χ3v) is 3.78. The van der Waals surface area contributed by atoms with Crippen LogP contribution >= 0.6 is 0 Å². The molecule has 1 aromatic rings. The number of aliphatic hydroxyl groups is 1. The third-order valence-electron chi connectivity index (χ3n) is 3.78. The summed E-state index contributed by atoms with van der Waals surface area (Å²) in [5.74, 6) is -0.218. The molecule has 0 saturated heterocycles. The first-order chi connectivity index (χ1) is 10.0. The van der Waals surface area contributed by atoms with Gasteiger partial charge in [-0.3, -0.25) is 14.9 Å². The fourth-order valence-electron chi connectivity index (χ4n) is 2.56. The van der Waals surface area contributed by atoms with Crippen molar-refractivity contribution in [3.05, 3.63) is 33.9 Å². The van der Waals surface area contributed by atoms with Gasteiger partial charge in [-0.25, -0.2) is 0 Å². The molecule has 0 radical (unpaired) electrons. The molecule has 0 bridgehead atoms. The molecule has 2 unspecified atom stereocenters. The van der Waals surface area contributed by atoms with Gasteiger partial charge in [0.15, 0.2) is 5.75 Å². The maximum Gasteiger partial charge on any atom is 0.311 e. The molecule has 0 spiro atoms. The van der Waals surface area contributed by atoms with Crippen molar-refractivity contribution in [2.75, 3.05) is 13.7 Å². The minimum absolute atomic E-state index is 0.0576. The van der Waals surface area contributed by atoms with Crippen LogP contribution < -0.4 is 10.1 Å². The minimum atomic E-state index is -0.587. The quantitative estimate of drug-likeness (QED) is 0.633. The Morgan fingerprint density at radius 1 is 1.52 bits per heavy atom. The molecular formula is C14H18N2O5. The fraction of sp³-hybridized carbons (Fsp3) is 0.500. The summed E-state index contributed by atoms with van der Waals surface area (Å²) in [6.07, 6.45) is 2.21. The highest BCUT2D eigenvalue weighted by Crippen LogP contribution is 2.28. The number of methoxy groups -OCH3 is 1. The molecule has 2 N–H and O–H groups in total. The molecule has 2 atom stereocenters. The van der Waals surface area contributed by atoms with E-state index in [1.54, 1.807) is 0 Å². The van der Waals surface area contributed by atoms with Crippen molar-refractivity contribution in [1.29, 1.82) is 0 Å². The smallest absolute Gasteiger partial charge is 0.311 e. The summed E-state index contributed by atoms with van der Waals surface area (Å²) >= 11 is 0. The van der Waals surface area contributed by atoms with E-state index in [-0.39, 0.29) is 34.9 Å². The highest BCUT2D eigenvalue weighted by Gasteiger charge is 2.26. The number of ether oxygens (including phenoxy) is 1. The second-order valence-corrected chi connectivity index (χ2v) is 5.11. The molecule has 0 aromatic heterocycles. The van der Waals surface area contributed by atoms with Crippen molar-refractivity contribution in [3.63, 3.8) is 0 Å². The van der Waals surface area contributed by atoms with Gasteiger partial charge in [0.05, 0.1) is 18.1 Å². The Morgan fingerprint density at radius 2 is 2.29 bits per heavy atom. The number of carbonyl (C=O) groups is 1. The molecular weight excluding hydrogens is 276 g/mol. The summed E-state index contributed by atoms with van der Waals surface area (Å²) in [4.78, 5) is 22.4. The maximum atomic E-state index is 12.0. The summed E-state index contributed by atoms with van der Waals surface area (Å²) in [5.41, 5.74) is -0.0407. The van der Waals surface area contributed by atoms with Crippen molar-refractivity contribution in [3.8, 4) is 5.75 Å². The van der Waals surface area contributed by atoms with Gasteiger partial charge in [0.25, 0.3) is 5.91 Å². The normalized spacial score (nSPS) is 21.0. The number of nitrogens with one attached hydrogen (secondary N) is 1. The maximum absolute atomic E-state index is 12.0. The number of hydrogen-bond acceptors (Lipinski definition) is 5. The Hall–Kier alpha value is -2.15. The highest BCUT2D eigenvalue weighted by atomic mass is 16.6. The van der Waals surface area contributed by atoms with Crippen molar-refractivity contribution >= 4 is 11.6 Å². The average molecular weight is 294 g/mol. The zero-order valence-electron chi connectivity index (χ0n) is 11.7. The lowest BCUT2D eigenvalue weighted by Crippen LogP contribution is -2.32. The van der Waals surface area contributed by atoms with E-state index in [1.165, 1.54) is 25.3 Å². The lowest BCUT2D eigenvalue weighted by atomic mass is 10.1. The highest BCUT2D eigenvalue weighted by molar-refractivity contribution is 5.95. The van der Waals surface area contributed by atoms with E-state index in [0.717, 1.165) is 19.3 Å². The van der Waals surface area contributed by atoms with Crippen molar-refractivity contribution < 1.29 is 19.6 Å². The molecule has 1 aliphatic carbocycles. The number of nitro benzene ring substituents is 1. The molecule has 1 aromatic carbocycles. The van der Waals surface area contributed by atoms with E-state index in [1.807, 2.05) is 0 Å². The van der Waals surface area contributed by atoms with Crippen LogP contribution in [0, 0.1) is 16.0 Å². The minimum Gasteiger partial charge on any atom is -0.490 e. The Balaban J connectivity index is 2.05. The molecule has 1 saturated carbocycles. The molecule has 0 heterocycles. The Morgan fingerprint density at radius 3 is 2.86 bits per heavy atom. The van der Waals surface area contributed by atoms with Crippen LogP contribution in [0.25, 0.3) is 0 Å². The van der Waals surface area contributed by atoms with Crippen molar-refractivity contribution in [2.24, 2.45) is 5.92 Å². The standard InChI is InChI=1S/C14H18N2O5/c1-21-13-6-5-9(7-11(13)16(19)20)14(18)15-8-10-3-2-4-12(10)17/h5-7,10,12,17H,2-4,8H2,1H3,(H,15,18). The van der Waals surface area contributed by atoms with Gasteiger partial charge < -0.3 is 15.2 Å². The molecule has 114 valence electrons. The molecule has 7 nitrogen and oxygen atoms in total. The molecule has 1 amide bonds. The average Bonchev–Trinajstić information content (AvgIpc) is 2.89. The van der Waals surface area contributed by atoms with Crippen LogP contribution in [0.15, 0.2) is 18.2 Å². The van der Waals surface area contributed by atoms with Crippen LogP contribution in [0.5, 0.6) is 5.75 Å². The van der Waals surface area contributed by atoms with Crippen LogP contribution in [0.4, 0.5) is 5.69 Å². The SMILES string of the molecule is COc1ccc(C(=O)NCC2CCCC2O)cc1[N+](=O)[O-]. The zero-order valence-corrected chi connectivity index (χ0v) is 11.7. The van der Waals surface area contributed by atoms with Gasteiger partial charge in [0.1, 0.15) is 0 Å². The van der Waals surface area contributed by atoms with Crippen molar-refractivity contribution in [1.82, 2.24) is 5.32 Å². The number of aliphatic hydroxyl groups excluding tert-OH is 1. The number of benzene rings is 1. The van der Waals surface area contributed by atoms with E-state index >= 15 is 0 Å². The number of nitro groups is 1. The Labute approximate surface area is 122 Å². The summed E-state index contributed by atoms with van der Waals surface area (Å²) in [6.45, 7) is 0.375. The van der Waals surface area contributed by atoms with Gasteiger partial charge in [-0.05, 0) is 25.0 Å². The van der Waals surface area contributed by atoms with Gasteiger partial charge in [0.2, 0.25) is 0 Å². The molecule has 7 heteroatoms. The molecule has 1 aliphatic rings. The molecule has 1 fully saturated rings. The largest absolute Gasteiger partial charge is 0.490 e. The molecule has 0 aliphatic heterocycles. The van der Waals surface area contributed by atoms with Crippen LogP contribution in [0.2, 0.25) is 0 Å². The summed E-state index contributed by atoms with van der Waals surface area (Å²) in [7, 11) is 1.34. The lowest BCUT2D eigenvalue weighted by molar-refractivity contribution is -0.385. The Kier molecular flexibility index (Phi) is 4.74. The monoisotopic (exact) mass is 294 g/mol. The van der Waals surface area contributed by atoms with Gasteiger partial charge >= 0.3 is 5.69 Å². The van der Waals surface area contributed by atoms with Gasteiger partial charge in [-0.1, -0.05) is 6.42 Å². The number of amides is 1. The first kappa shape index (κ1) is 15.2. The zero-order chi connectivity index (χ0) is 15.4. The van der Waals surface area contributed by atoms with Crippen LogP contribution in [-0.2, 0) is 0 Å². The van der Waals surface area contributed by atoms with Crippen molar-refractivity contribution in [2.45, 2.75) is 25.4 Å². The topological polar surface area (TPSA) is 102 Å². The number of carbonyl (C=O) groups excluding carboxylic acids is 1. The third kappa shape index (κ3) is 3.49. The number of nitrogens with zero attached hydrogens (tertiary/aromatic N) is 1.